The van der Waals surface area contributed by atoms with Gasteiger partial charge in [0.15, 0.2) is 0 Å². The zero-order valence-electron chi connectivity index (χ0n) is 10.9. The van der Waals surface area contributed by atoms with Crippen molar-refractivity contribution in [3.8, 4) is 0 Å². The van der Waals surface area contributed by atoms with E-state index in [0.717, 1.165) is 0 Å². The average molecular weight is 246 g/mol. The third-order valence-corrected chi connectivity index (χ3v) is 2.57. The number of rotatable bonds is 8. The SMILES string of the molecule is CCN(C(=O)CNCCOC)C(C)(C)C(=O)O. The van der Waals surface area contributed by atoms with Crippen LogP contribution in [0.15, 0.2) is 0 Å². The zero-order valence-corrected chi connectivity index (χ0v) is 10.9. The molecule has 6 nitrogen and oxygen atoms in total. The van der Waals surface area contributed by atoms with Crippen molar-refractivity contribution in [1.29, 1.82) is 0 Å². The molecule has 0 saturated heterocycles. The molecule has 0 aromatic rings. The number of likely N-dealkylation sites (N-methyl/N-ethyl adjacent to an activating group) is 1. The van der Waals surface area contributed by atoms with Crippen molar-refractivity contribution in [2.45, 2.75) is 26.3 Å². The minimum absolute atomic E-state index is 0.119. The standard InChI is InChI=1S/C11H22N2O4/c1-5-13(11(2,3)10(15)16)9(14)8-12-6-7-17-4/h12H,5-8H2,1-4H3,(H,15,16). The predicted molar refractivity (Wildman–Crippen MR) is 63.8 cm³/mol. The number of hydrogen-bond acceptors (Lipinski definition) is 4. The number of amides is 1. The van der Waals surface area contributed by atoms with E-state index in [0.29, 0.717) is 19.7 Å². The van der Waals surface area contributed by atoms with Crippen molar-refractivity contribution >= 4 is 11.9 Å². The lowest BCUT2D eigenvalue weighted by molar-refractivity contribution is -0.156. The zero-order chi connectivity index (χ0) is 13.5. The normalized spacial score (nSPS) is 11.3. The molecule has 2 N–H and O–H groups in total. The first-order chi connectivity index (χ1) is 7.87. The van der Waals surface area contributed by atoms with Crippen molar-refractivity contribution in [1.82, 2.24) is 10.2 Å². The number of carboxylic acids is 1. The molecule has 0 saturated carbocycles. The summed E-state index contributed by atoms with van der Waals surface area (Å²) in [5.41, 5.74) is -1.19. The molecule has 0 aliphatic rings. The van der Waals surface area contributed by atoms with Crippen LogP contribution >= 0.6 is 0 Å². The van der Waals surface area contributed by atoms with Crippen molar-refractivity contribution in [2.24, 2.45) is 0 Å². The van der Waals surface area contributed by atoms with Gasteiger partial charge in [-0.1, -0.05) is 0 Å². The Morgan fingerprint density at radius 2 is 2.00 bits per heavy atom. The Labute approximate surface area is 102 Å². The maximum atomic E-state index is 11.8. The maximum Gasteiger partial charge on any atom is 0.329 e. The Morgan fingerprint density at radius 3 is 2.41 bits per heavy atom. The van der Waals surface area contributed by atoms with Crippen molar-refractivity contribution in [2.75, 3.05) is 33.4 Å². The second-order valence-electron chi connectivity index (χ2n) is 4.17. The minimum atomic E-state index is -1.19. The Balaban J connectivity index is 4.36. The molecular weight excluding hydrogens is 224 g/mol. The quantitative estimate of drug-likeness (QED) is 0.586. The van der Waals surface area contributed by atoms with E-state index in [9.17, 15) is 9.59 Å². The molecule has 0 aliphatic carbocycles. The maximum absolute atomic E-state index is 11.8. The van der Waals surface area contributed by atoms with Gasteiger partial charge in [0.25, 0.3) is 0 Å². The number of nitrogens with one attached hydrogen (secondary N) is 1. The molecule has 0 atom stereocenters. The molecule has 0 aromatic heterocycles. The van der Waals surface area contributed by atoms with Gasteiger partial charge in [-0.3, -0.25) is 4.79 Å². The summed E-state index contributed by atoms with van der Waals surface area (Å²) in [4.78, 5) is 24.3. The average Bonchev–Trinajstić information content (AvgIpc) is 2.24. The molecule has 0 aromatic carbocycles. The summed E-state index contributed by atoms with van der Waals surface area (Å²) in [6.45, 7) is 6.36. The molecule has 6 heteroatoms. The molecule has 0 rings (SSSR count). The highest BCUT2D eigenvalue weighted by atomic mass is 16.5. The molecule has 0 heterocycles. The van der Waals surface area contributed by atoms with Gasteiger partial charge in [0, 0.05) is 20.2 Å². The Kier molecular flexibility index (Phi) is 6.75. The molecule has 100 valence electrons. The molecule has 1 amide bonds. The Bertz CT molecular complexity index is 266. The van der Waals surface area contributed by atoms with Gasteiger partial charge in [0.05, 0.1) is 13.2 Å². The van der Waals surface area contributed by atoms with Crippen LogP contribution in [-0.2, 0) is 14.3 Å². The first kappa shape index (κ1) is 15.9. The van der Waals surface area contributed by atoms with Crippen molar-refractivity contribution in [3.63, 3.8) is 0 Å². The third-order valence-electron chi connectivity index (χ3n) is 2.57. The van der Waals surface area contributed by atoms with Crippen LogP contribution in [-0.4, -0.2) is 60.8 Å². The highest BCUT2D eigenvalue weighted by molar-refractivity contribution is 5.87. The first-order valence-electron chi connectivity index (χ1n) is 5.61. The fraction of sp³-hybridized carbons (Fsp3) is 0.818. The molecule has 0 unspecified atom stereocenters. The predicted octanol–water partition coefficient (Wildman–Crippen LogP) is -0.0659. The summed E-state index contributed by atoms with van der Waals surface area (Å²) >= 11 is 0. The van der Waals surface area contributed by atoms with Gasteiger partial charge < -0.3 is 20.1 Å². The van der Waals surface area contributed by atoms with Crippen LogP contribution in [0.25, 0.3) is 0 Å². The summed E-state index contributed by atoms with van der Waals surface area (Å²) in [5, 5.41) is 12.0. The second-order valence-corrected chi connectivity index (χ2v) is 4.17. The van der Waals surface area contributed by atoms with Crippen LogP contribution in [0.5, 0.6) is 0 Å². The van der Waals surface area contributed by atoms with Gasteiger partial charge in [-0.05, 0) is 20.8 Å². The van der Waals surface area contributed by atoms with Gasteiger partial charge in [-0.25, -0.2) is 4.79 Å². The van der Waals surface area contributed by atoms with Gasteiger partial charge in [-0.15, -0.1) is 0 Å². The summed E-state index contributed by atoms with van der Waals surface area (Å²) in [6, 6.07) is 0. The van der Waals surface area contributed by atoms with Crippen LogP contribution in [0.1, 0.15) is 20.8 Å². The summed E-state index contributed by atoms with van der Waals surface area (Å²) < 4.78 is 4.83. The lowest BCUT2D eigenvalue weighted by Crippen LogP contribution is -2.55. The van der Waals surface area contributed by atoms with E-state index in [1.807, 2.05) is 0 Å². The fourth-order valence-electron chi connectivity index (χ4n) is 1.46. The first-order valence-corrected chi connectivity index (χ1v) is 5.61. The highest BCUT2D eigenvalue weighted by Crippen LogP contribution is 2.14. The number of nitrogens with zero attached hydrogens (tertiary/aromatic N) is 1. The van der Waals surface area contributed by atoms with Crippen LogP contribution in [0.2, 0.25) is 0 Å². The van der Waals surface area contributed by atoms with E-state index < -0.39 is 11.5 Å². The number of methoxy groups -OCH3 is 1. The van der Waals surface area contributed by atoms with E-state index in [4.69, 9.17) is 9.84 Å². The molecular formula is C11H22N2O4. The number of ether oxygens (including phenoxy) is 1. The number of carbonyl (C=O) groups is 2. The van der Waals surface area contributed by atoms with Crippen LogP contribution in [0.4, 0.5) is 0 Å². The summed E-state index contributed by atoms with van der Waals surface area (Å²) in [6.07, 6.45) is 0. The third kappa shape index (κ3) is 4.70. The molecule has 0 radical (unpaired) electrons. The van der Waals surface area contributed by atoms with Gasteiger partial charge in [0.1, 0.15) is 5.54 Å². The second kappa shape index (κ2) is 7.24. The topological polar surface area (TPSA) is 78.9 Å². The number of hydrogen-bond donors (Lipinski definition) is 2. The number of aliphatic carboxylic acids is 1. The van der Waals surface area contributed by atoms with Crippen molar-refractivity contribution in [3.05, 3.63) is 0 Å². The number of carbonyl (C=O) groups excluding carboxylic acids is 1. The Hall–Kier alpha value is -1.14. The Morgan fingerprint density at radius 1 is 1.41 bits per heavy atom. The van der Waals surface area contributed by atoms with Crippen molar-refractivity contribution < 1.29 is 19.4 Å². The number of carboxylic acid groups (broad SMARTS) is 1. The van der Waals surface area contributed by atoms with E-state index in [2.05, 4.69) is 5.32 Å². The van der Waals surface area contributed by atoms with E-state index in [-0.39, 0.29) is 12.5 Å². The molecule has 17 heavy (non-hydrogen) atoms. The van der Waals surface area contributed by atoms with Gasteiger partial charge in [-0.2, -0.15) is 0 Å². The lowest BCUT2D eigenvalue weighted by atomic mass is 10.0. The van der Waals surface area contributed by atoms with Crippen LogP contribution < -0.4 is 5.32 Å². The van der Waals surface area contributed by atoms with E-state index >= 15 is 0 Å². The molecule has 0 bridgehead atoms. The summed E-state index contributed by atoms with van der Waals surface area (Å²) in [7, 11) is 1.58. The van der Waals surface area contributed by atoms with Crippen LogP contribution in [0, 0.1) is 0 Å². The van der Waals surface area contributed by atoms with E-state index in [1.165, 1.54) is 18.7 Å². The van der Waals surface area contributed by atoms with Gasteiger partial charge in [0.2, 0.25) is 5.91 Å². The fourth-order valence-corrected chi connectivity index (χ4v) is 1.46. The lowest BCUT2D eigenvalue weighted by Gasteiger charge is -2.34. The summed E-state index contributed by atoms with van der Waals surface area (Å²) in [5.74, 6) is -1.24. The van der Waals surface area contributed by atoms with Gasteiger partial charge >= 0.3 is 5.97 Å². The molecule has 0 aliphatic heterocycles. The smallest absolute Gasteiger partial charge is 0.329 e. The minimum Gasteiger partial charge on any atom is -0.480 e. The monoisotopic (exact) mass is 246 g/mol. The van der Waals surface area contributed by atoms with Crippen LogP contribution in [0.3, 0.4) is 0 Å². The highest BCUT2D eigenvalue weighted by Gasteiger charge is 2.36. The molecule has 0 spiro atoms. The largest absolute Gasteiger partial charge is 0.480 e. The van der Waals surface area contributed by atoms with E-state index in [1.54, 1.807) is 14.0 Å². The molecule has 0 fully saturated rings.